The lowest BCUT2D eigenvalue weighted by molar-refractivity contribution is -0.346. The maximum absolute atomic E-state index is 15.5. The van der Waals surface area contributed by atoms with Crippen LogP contribution in [-0.4, -0.2) is 105 Å². The van der Waals surface area contributed by atoms with E-state index >= 15 is 9.18 Å². The average Bonchev–Trinajstić information content (AvgIpc) is 3.24. The van der Waals surface area contributed by atoms with E-state index in [2.05, 4.69) is 5.32 Å². The lowest BCUT2D eigenvalue weighted by Gasteiger charge is -2.67. The fourth-order valence-corrected chi connectivity index (χ4v) is 10.3. The SMILES string of the molecule is CC(=O)O[C@H]1C(=O)[C@@]2(C)[C@H]([C@H](OC(=O)c3cc(F)ccc3F)[C@]3(O)C[C@H](OC(=O)[C@H](O)[C@@H](NC(=O)c4ccccc4)c4ccccc4)C(C)=C1C3(C)C)[C@]1(OC(C)=O)CO[C@@H]1C[C@@H]2O. The quantitative estimate of drug-likeness (QED) is 0.128. The molecule has 3 aliphatic carbocycles. The van der Waals surface area contributed by atoms with Crippen LogP contribution in [0.4, 0.5) is 8.78 Å². The standard InChI is InChI=1S/C47H49F2NO14/c1-23-31(62-43(58)36(54)35(26-13-9-7-10-14-26)50-41(56)27-15-11-8-12-16-27)21-47(59)40(63-42(57)29-19-28(48)17-18-30(29)49)38-45(6,32(53)20-33-46(38,22-60-33)64-25(3)52)39(55)37(61-24(2)51)34(23)44(47,4)5/h7-19,31-33,35-38,40,53-54,59H,20-22H2,1-6H3,(H,50,56)/t31-,32-,33+,35-,36+,37+,38-,40-,45+,46-,47+/m0/s1. The molecule has 340 valence electrons. The minimum Gasteiger partial charge on any atom is -0.456 e. The Kier molecular flexibility index (Phi) is 12.2. The molecule has 17 heteroatoms. The predicted octanol–water partition coefficient (Wildman–Crippen LogP) is 4.01. The van der Waals surface area contributed by atoms with Crippen molar-refractivity contribution in [1.82, 2.24) is 5.32 Å². The summed E-state index contributed by atoms with van der Waals surface area (Å²) >= 11 is 0. The summed E-state index contributed by atoms with van der Waals surface area (Å²) in [4.78, 5) is 83.4. The number of Topliss-reactive ketones (excluding diaryl/α,β-unsaturated/α-hetero) is 1. The van der Waals surface area contributed by atoms with Gasteiger partial charge < -0.3 is 44.3 Å². The van der Waals surface area contributed by atoms with Gasteiger partial charge in [-0.25, -0.2) is 18.4 Å². The zero-order chi connectivity index (χ0) is 46.7. The predicted molar refractivity (Wildman–Crippen MR) is 218 cm³/mol. The number of esters is 4. The molecule has 3 fully saturated rings. The maximum atomic E-state index is 15.5. The number of aliphatic hydroxyl groups is 3. The first-order chi connectivity index (χ1) is 30.1. The molecule has 2 saturated carbocycles. The topological polar surface area (TPSA) is 221 Å². The summed E-state index contributed by atoms with van der Waals surface area (Å²) in [6.45, 7) is 7.23. The lowest BCUT2D eigenvalue weighted by atomic mass is 9.44. The van der Waals surface area contributed by atoms with E-state index in [9.17, 15) is 43.7 Å². The van der Waals surface area contributed by atoms with Crippen LogP contribution in [-0.2, 0) is 42.9 Å². The Bertz CT molecular complexity index is 2410. The van der Waals surface area contributed by atoms with Gasteiger partial charge in [0, 0.05) is 37.7 Å². The van der Waals surface area contributed by atoms with Crippen LogP contribution in [0.3, 0.4) is 0 Å². The van der Waals surface area contributed by atoms with Gasteiger partial charge in [0.05, 0.1) is 35.6 Å². The Hall–Kier alpha value is -5.88. The number of rotatable bonds is 10. The Morgan fingerprint density at radius 1 is 0.891 bits per heavy atom. The molecule has 1 aliphatic heterocycles. The number of aliphatic hydroxyl groups excluding tert-OH is 2. The summed E-state index contributed by atoms with van der Waals surface area (Å²) in [7, 11) is 0. The van der Waals surface area contributed by atoms with Crippen LogP contribution in [0, 0.1) is 28.4 Å². The van der Waals surface area contributed by atoms with Gasteiger partial charge in [-0.05, 0) is 60.9 Å². The van der Waals surface area contributed by atoms with Crippen molar-refractivity contribution in [3.8, 4) is 0 Å². The second-order valence-corrected chi connectivity index (χ2v) is 17.6. The third-order valence-corrected chi connectivity index (χ3v) is 13.6. The molecule has 15 nitrogen and oxygen atoms in total. The van der Waals surface area contributed by atoms with Gasteiger partial charge in [-0.2, -0.15) is 0 Å². The zero-order valence-electron chi connectivity index (χ0n) is 35.8. The van der Waals surface area contributed by atoms with E-state index in [0.29, 0.717) is 17.7 Å². The van der Waals surface area contributed by atoms with E-state index in [4.69, 9.17) is 23.7 Å². The van der Waals surface area contributed by atoms with Crippen molar-refractivity contribution in [1.29, 1.82) is 0 Å². The second-order valence-electron chi connectivity index (χ2n) is 17.6. The number of fused-ring (bicyclic) bond motifs is 5. The number of hydrogen-bond donors (Lipinski definition) is 4. The number of hydrogen-bond acceptors (Lipinski definition) is 14. The highest BCUT2D eigenvalue weighted by Crippen LogP contribution is 2.64. The highest BCUT2D eigenvalue weighted by molar-refractivity contribution is 5.96. The Morgan fingerprint density at radius 3 is 2.12 bits per heavy atom. The van der Waals surface area contributed by atoms with Crippen LogP contribution in [0.1, 0.15) is 86.7 Å². The molecule has 0 aromatic heterocycles. The molecule has 4 aliphatic rings. The molecule has 0 unspecified atom stereocenters. The fourth-order valence-electron chi connectivity index (χ4n) is 10.3. The summed E-state index contributed by atoms with van der Waals surface area (Å²) in [5, 5.41) is 40.1. The number of ether oxygens (including phenoxy) is 5. The Balaban J connectivity index is 1.40. The molecule has 64 heavy (non-hydrogen) atoms. The first-order valence-corrected chi connectivity index (χ1v) is 20.7. The molecule has 2 bridgehead atoms. The van der Waals surface area contributed by atoms with E-state index in [1.165, 1.54) is 39.8 Å². The van der Waals surface area contributed by atoms with Gasteiger partial charge in [-0.15, -0.1) is 0 Å². The fraction of sp³-hybridized carbons (Fsp3) is 0.447. The van der Waals surface area contributed by atoms with E-state index < -0.39 is 136 Å². The number of nitrogens with one attached hydrogen (secondary N) is 1. The average molecular weight is 890 g/mol. The third kappa shape index (κ3) is 7.57. The molecule has 7 rings (SSSR count). The summed E-state index contributed by atoms with van der Waals surface area (Å²) < 4.78 is 59.6. The van der Waals surface area contributed by atoms with Gasteiger partial charge in [0.25, 0.3) is 5.91 Å². The van der Waals surface area contributed by atoms with E-state index in [-0.39, 0.29) is 23.1 Å². The summed E-state index contributed by atoms with van der Waals surface area (Å²) in [5.41, 5.74) is -9.10. The molecule has 1 saturated heterocycles. The molecule has 3 aromatic rings. The number of carbonyl (C=O) groups excluding carboxylic acids is 6. The summed E-state index contributed by atoms with van der Waals surface area (Å²) in [6, 6.07) is 16.6. The van der Waals surface area contributed by atoms with E-state index in [1.807, 2.05) is 0 Å². The highest BCUT2D eigenvalue weighted by atomic mass is 19.1. The first kappa shape index (κ1) is 46.1. The van der Waals surface area contributed by atoms with Gasteiger partial charge >= 0.3 is 23.9 Å². The van der Waals surface area contributed by atoms with Gasteiger partial charge in [-0.1, -0.05) is 62.4 Å². The molecule has 1 heterocycles. The molecule has 1 amide bonds. The van der Waals surface area contributed by atoms with Gasteiger partial charge in [0.15, 0.2) is 23.6 Å². The second kappa shape index (κ2) is 16.9. The van der Waals surface area contributed by atoms with Crippen LogP contribution in [0.5, 0.6) is 0 Å². The first-order valence-electron chi connectivity index (χ1n) is 20.7. The zero-order valence-corrected chi connectivity index (χ0v) is 35.8. The van der Waals surface area contributed by atoms with Crippen molar-refractivity contribution in [2.75, 3.05) is 6.61 Å². The monoisotopic (exact) mass is 889 g/mol. The van der Waals surface area contributed by atoms with E-state index in [1.54, 1.807) is 48.5 Å². The van der Waals surface area contributed by atoms with Crippen molar-refractivity contribution < 1.29 is 76.6 Å². The maximum Gasteiger partial charge on any atom is 0.341 e. The summed E-state index contributed by atoms with van der Waals surface area (Å²) in [6.07, 6.45) is -11.7. The van der Waals surface area contributed by atoms with Crippen LogP contribution in [0.2, 0.25) is 0 Å². The van der Waals surface area contributed by atoms with Gasteiger partial charge in [0.1, 0.15) is 35.5 Å². The molecule has 3 aromatic carbocycles. The smallest absolute Gasteiger partial charge is 0.341 e. The number of amides is 1. The lowest BCUT2D eigenvalue weighted by Crippen LogP contribution is -2.82. The van der Waals surface area contributed by atoms with Crippen molar-refractivity contribution in [3.63, 3.8) is 0 Å². The minimum atomic E-state index is -2.62. The van der Waals surface area contributed by atoms with E-state index in [0.717, 1.165) is 19.9 Å². The van der Waals surface area contributed by atoms with Crippen molar-refractivity contribution in [2.24, 2.45) is 16.7 Å². The molecule has 11 atom stereocenters. The minimum absolute atomic E-state index is 0.0626. The Labute approximate surface area is 366 Å². The van der Waals surface area contributed by atoms with Gasteiger partial charge in [-0.3, -0.25) is 19.2 Å². The number of ketones is 1. The van der Waals surface area contributed by atoms with Crippen LogP contribution in [0.25, 0.3) is 0 Å². The molecule has 4 N–H and O–H groups in total. The Morgan fingerprint density at radius 2 is 1.53 bits per heavy atom. The van der Waals surface area contributed by atoms with Crippen LogP contribution >= 0.6 is 0 Å². The van der Waals surface area contributed by atoms with Crippen molar-refractivity contribution in [3.05, 3.63) is 118 Å². The highest BCUT2D eigenvalue weighted by Gasteiger charge is 2.78. The number of benzene rings is 3. The summed E-state index contributed by atoms with van der Waals surface area (Å²) in [5.74, 6) is -10.4. The molecule has 0 spiro atoms. The normalized spacial score (nSPS) is 31.3. The van der Waals surface area contributed by atoms with Crippen LogP contribution < -0.4 is 5.32 Å². The van der Waals surface area contributed by atoms with Gasteiger partial charge in [0.2, 0.25) is 0 Å². The number of halogens is 2. The van der Waals surface area contributed by atoms with Crippen LogP contribution in [0.15, 0.2) is 90.0 Å². The van der Waals surface area contributed by atoms with Crippen molar-refractivity contribution >= 4 is 35.6 Å². The molecular formula is C47H49F2NO14. The third-order valence-electron chi connectivity index (χ3n) is 13.6. The molecular weight excluding hydrogens is 841 g/mol. The molecule has 0 radical (unpaired) electrons. The largest absolute Gasteiger partial charge is 0.456 e. The van der Waals surface area contributed by atoms with Crippen molar-refractivity contribution in [2.45, 2.75) is 108 Å². The number of carbonyl (C=O) groups is 6.